The standard InChI is InChI=1S/C65H42N2/c1-2-22-51-43(16-1)17-15-28-52(51)44-34-36-47(37-35-44)66(48-20-13-18-45(40-48)46-19-14-21-49(41-46)67-63-32-11-6-26-57(63)58-27-7-12-33-64(58)67)50-38-39-56-55-25-5-10-31-61(55)65(62(56)42-50)59-29-8-3-23-53(59)54-24-4-9-30-60(54)65/h1-42H. The number of hydrogen-bond donors (Lipinski definition) is 0. The van der Waals surface area contributed by atoms with E-state index in [9.17, 15) is 0 Å². The maximum atomic E-state index is 2.49. The smallest absolute Gasteiger partial charge is 0.0726 e. The largest absolute Gasteiger partial charge is 0.310 e. The van der Waals surface area contributed by atoms with Gasteiger partial charge in [0.25, 0.3) is 0 Å². The first-order valence-electron chi connectivity index (χ1n) is 23.3. The van der Waals surface area contributed by atoms with E-state index >= 15 is 0 Å². The molecule has 2 aliphatic carbocycles. The molecule has 11 aromatic carbocycles. The summed E-state index contributed by atoms with van der Waals surface area (Å²) >= 11 is 0. The zero-order chi connectivity index (χ0) is 44.1. The van der Waals surface area contributed by atoms with Crippen molar-refractivity contribution in [3.8, 4) is 50.2 Å². The number of rotatable bonds is 6. The maximum Gasteiger partial charge on any atom is 0.0726 e. The molecule has 0 saturated heterocycles. The Morgan fingerprint density at radius 1 is 0.284 bits per heavy atom. The Morgan fingerprint density at radius 3 is 1.43 bits per heavy atom. The molecule has 0 aliphatic heterocycles. The van der Waals surface area contributed by atoms with Gasteiger partial charge in [0.1, 0.15) is 0 Å². The van der Waals surface area contributed by atoms with Crippen molar-refractivity contribution >= 4 is 49.6 Å². The lowest BCUT2D eigenvalue weighted by atomic mass is 9.70. The molecule has 1 spiro atoms. The van der Waals surface area contributed by atoms with Gasteiger partial charge in [-0.05, 0) is 138 Å². The molecule has 0 atom stereocenters. The van der Waals surface area contributed by atoms with Crippen molar-refractivity contribution in [2.75, 3.05) is 4.90 Å². The van der Waals surface area contributed by atoms with E-state index in [2.05, 4.69) is 264 Å². The average molecular weight is 851 g/mol. The SMILES string of the molecule is c1cc(-c2cccc(-n3c4ccccc4c4ccccc43)c2)cc(N(c2ccc(-c3cccc4ccccc34)cc2)c2ccc3c(c2)C2(c4ccccc4-c4ccccc42)c2ccccc2-3)c1. The van der Waals surface area contributed by atoms with Gasteiger partial charge in [-0.25, -0.2) is 0 Å². The lowest BCUT2D eigenvalue weighted by Crippen LogP contribution is -2.26. The molecule has 1 heterocycles. The molecule has 0 unspecified atom stereocenters. The molecule has 312 valence electrons. The van der Waals surface area contributed by atoms with Gasteiger partial charge in [0, 0.05) is 33.5 Å². The molecule has 2 aliphatic rings. The average Bonchev–Trinajstić information content (AvgIpc) is 4.01. The van der Waals surface area contributed by atoms with Crippen molar-refractivity contribution in [2.24, 2.45) is 0 Å². The molecule has 0 N–H and O–H groups in total. The molecule has 0 radical (unpaired) electrons. The third-order valence-electron chi connectivity index (χ3n) is 14.6. The number of anilines is 3. The summed E-state index contributed by atoms with van der Waals surface area (Å²) in [6.45, 7) is 0. The zero-order valence-electron chi connectivity index (χ0n) is 36.6. The van der Waals surface area contributed by atoms with E-state index in [1.165, 1.54) is 88.2 Å². The molecule has 14 rings (SSSR count). The van der Waals surface area contributed by atoms with Gasteiger partial charge in [0.15, 0.2) is 0 Å². The van der Waals surface area contributed by atoms with Crippen LogP contribution in [0.15, 0.2) is 255 Å². The Balaban J connectivity index is 0.957. The third-order valence-corrected chi connectivity index (χ3v) is 14.6. The van der Waals surface area contributed by atoms with Crippen LogP contribution >= 0.6 is 0 Å². The van der Waals surface area contributed by atoms with Gasteiger partial charge in [-0.2, -0.15) is 0 Å². The summed E-state index contributed by atoms with van der Waals surface area (Å²) in [4.78, 5) is 2.46. The number of hydrogen-bond acceptors (Lipinski definition) is 1. The van der Waals surface area contributed by atoms with E-state index in [1.807, 2.05) is 0 Å². The van der Waals surface area contributed by atoms with E-state index in [0.717, 1.165) is 33.9 Å². The summed E-state index contributed by atoms with van der Waals surface area (Å²) in [5, 5.41) is 5.02. The van der Waals surface area contributed by atoms with Gasteiger partial charge < -0.3 is 9.47 Å². The Hall–Kier alpha value is -8.72. The van der Waals surface area contributed by atoms with Crippen LogP contribution < -0.4 is 4.90 Å². The Bertz CT molecular complexity index is 3820. The molecule has 12 aromatic rings. The number of fused-ring (bicyclic) bond motifs is 14. The molecule has 67 heavy (non-hydrogen) atoms. The van der Waals surface area contributed by atoms with Crippen LogP contribution in [0.5, 0.6) is 0 Å². The first-order valence-corrected chi connectivity index (χ1v) is 23.3. The van der Waals surface area contributed by atoms with Gasteiger partial charge in [-0.15, -0.1) is 0 Å². The van der Waals surface area contributed by atoms with Crippen LogP contribution in [0.3, 0.4) is 0 Å². The zero-order valence-corrected chi connectivity index (χ0v) is 36.6. The summed E-state index contributed by atoms with van der Waals surface area (Å²) in [6, 6.07) is 94.4. The highest BCUT2D eigenvalue weighted by Crippen LogP contribution is 2.63. The van der Waals surface area contributed by atoms with Gasteiger partial charge in [-0.3, -0.25) is 0 Å². The van der Waals surface area contributed by atoms with Crippen LogP contribution in [0.1, 0.15) is 22.3 Å². The summed E-state index contributed by atoms with van der Waals surface area (Å²) in [6.07, 6.45) is 0. The van der Waals surface area contributed by atoms with Crippen molar-refractivity contribution in [2.45, 2.75) is 5.41 Å². The van der Waals surface area contributed by atoms with Crippen molar-refractivity contribution in [3.63, 3.8) is 0 Å². The van der Waals surface area contributed by atoms with E-state index in [0.29, 0.717) is 0 Å². The third kappa shape index (κ3) is 5.51. The Morgan fingerprint density at radius 2 is 0.761 bits per heavy atom. The highest BCUT2D eigenvalue weighted by Gasteiger charge is 2.51. The van der Waals surface area contributed by atoms with Crippen molar-refractivity contribution in [1.29, 1.82) is 0 Å². The number of aromatic nitrogens is 1. The number of benzene rings is 11. The molecule has 1 aromatic heterocycles. The minimum absolute atomic E-state index is 0.450. The first-order chi connectivity index (χ1) is 33.2. The Labute approximate surface area is 389 Å². The van der Waals surface area contributed by atoms with Crippen LogP contribution in [0.2, 0.25) is 0 Å². The van der Waals surface area contributed by atoms with Gasteiger partial charge in [0.05, 0.1) is 16.4 Å². The molecular formula is C65H42N2. The fourth-order valence-electron chi connectivity index (χ4n) is 11.8. The molecule has 0 saturated carbocycles. The summed E-state index contributed by atoms with van der Waals surface area (Å²) < 4.78 is 2.40. The summed E-state index contributed by atoms with van der Waals surface area (Å²) in [5.74, 6) is 0. The predicted molar refractivity (Wildman–Crippen MR) is 280 cm³/mol. The van der Waals surface area contributed by atoms with E-state index in [1.54, 1.807) is 0 Å². The second-order valence-electron chi connectivity index (χ2n) is 18.0. The van der Waals surface area contributed by atoms with Gasteiger partial charge in [-0.1, -0.05) is 194 Å². The molecular weight excluding hydrogens is 809 g/mol. The van der Waals surface area contributed by atoms with E-state index in [4.69, 9.17) is 0 Å². The molecule has 2 heteroatoms. The van der Waals surface area contributed by atoms with Crippen LogP contribution in [0.4, 0.5) is 17.1 Å². The second kappa shape index (κ2) is 14.7. The Kier molecular flexibility index (Phi) is 8.23. The van der Waals surface area contributed by atoms with Crippen molar-refractivity contribution in [3.05, 3.63) is 277 Å². The van der Waals surface area contributed by atoms with Crippen molar-refractivity contribution in [1.82, 2.24) is 4.57 Å². The van der Waals surface area contributed by atoms with E-state index < -0.39 is 5.41 Å². The number of nitrogens with zero attached hydrogens (tertiary/aromatic N) is 2. The van der Waals surface area contributed by atoms with Crippen LogP contribution in [0.25, 0.3) is 82.8 Å². The van der Waals surface area contributed by atoms with Crippen LogP contribution in [-0.4, -0.2) is 4.57 Å². The minimum atomic E-state index is -0.450. The fraction of sp³-hybridized carbons (Fsp3) is 0.0154. The van der Waals surface area contributed by atoms with Crippen molar-refractivity contribution < 1.29 is 0 Å². The predicted octanol–water partition coefficient (Wildman–Crippen LogP) is 17.1. The van der Waals surface area contributed by atoms with Crippen LogP contribution in [0, 0.1) is 0 Å². The monoisotopic (exact) mass is 850 g/mol. The highest BCUT2D eigenvalue weighted by molar-refractivity contribution is 6.09. The van der Waals surface area contributed by atoms with Gasteiger partial charge in [0.2, 0.25) is 0 Å². The quantitative estimate of drug-likeness (QED) is 0.162. The lowest BCUT2D eigenvalue weighted by molar-refractivity contribution is 0.793. The highest BCUT2D eigenvalue weighted by atomic mass is 15.1. The van der Waals surface area contributed by atoms with Crippen LogP contribution in [-0.2, 0) is 5.41 Å². The van der Waals surface area contributed by atoms with Gasteiger partial charge >= 0.3 is 0 Å². The number of para-hydroxylation sites is 2. The maximum absolute atomic E-state index is 2.49. The molecule has 0 bridgehead atoms. The minimum Gasteiger partial charge on any atom is -0.310 e. The summed E-state index contributed by atoms with van der Waals surface area (Å²) in [5.41, 5.74) is 21.7. The normalized spacial score (nSPS) is 12.9. The molecule has 0 fully saturated rings. The molecule has 0 amide bonds. The van der Waals surface area contributed by atoms with E-state index in [-0.39, 0.29) is 0 Å². The topological polar surface area (TPSA) is 8.17 Å². The second-order valence-corrected chi connectivity index (χ2v) is 18.0. The summed E-state index contributed by atoms with van der Waals surface area (Å²) in [7, 11) is 0. The fourth-order valence-corrected chi connectivity index (χ4v) is 11.8. The molecule has 2 nitrogen and oxygen atoms in total. The lowest BCUT2D eigenvalue weighted by Gasteiger charge is -2.32. The first kappa shape index (κ1) is 37.6.